The lowest BCUT2D eigenvalue weighted by Crippen LogP contribution is -2.18. The first kappa shape index (κ1) is 15.3. The third-order valence-electron chi connectivity index (χ3n) is 2.37. The summed E-state index contributed by atoms with van der Waals surface area (Å²) in [5, 5.41) is 19.9. The third kappa shape index (κ3) is 3.58. The second kappa shape index (κ2) is 6.39. The van der Waals surface area contributed by atoms with Crippen molar-refractivity contribution in [3.05, 3.63) is 56.3 Å². The van der Waals surface area contributed by atoms with Crippen molar-refractivity contribution >= 4 is 39.8 Å². The minimum atomic E-state index is -0.537. The van der Waals surface area contributed by atoms with E-state index >= 15 is 0 Å². The number of ketones is 1. The summed E-state index contributed by atoms with van der Waals surface area (Å²) in [6.07, 6.45) is 1.64. The van der Waals surface area contributed by atoms with Crippen LogP contribution in [0, 0.1) is 15.5 Å². The van der Waals surface area contributed by atoms with Gasteiger partial charge in [0, 0.05) is 29.3 Å². The van der Waals surface area contributed by atoms with Gasteiger partial charge >= 0.3 is 0 Å². The standard InChI is InChI=1S/C11H9N3O3S.BrH/c12-11-13(4-5-18-11)7-10(15)8-2-1-3-9(6-8)14(16)17;/h1-6,12H,7H2;1H. The van der Waals surface area contributed by atoms with Crippen molar-refractivity contribution < 1.29 is 9.72 Å². The zero-order chi connectivity index (χ0) is 13.1. The maximum absolute atomic E-state index is 11.9. The maximum atomic E-state index is 11.9. The molecule has 0 amide bonds. The van der Waals surface area contributed by atoms with E-state index in [4.69, 9.17) is 5.41 Å². The summed E-state index contributed by atoms with van der Waals surface area (Å²) < 4.78 is 1.49. The summed E-state index contributed by atoms with van der Waals surface area (Å²) in [7, 11) is 0. The largest absolute Gasteiger partial charge is 0.316 e. The van der Waals surface area contributed by atoms with Gasteiger partial charge in [0.1, 0.15) is 0 Å². The molecule has 0 saturated carbocycles. The molecular formula is C11H10BrN3O3S. The van der Waals surface area contributed by atoms with Gasteiger partial charge in [0.2, 0.25) is 0 Å². The van der Waals surface area contributed by atoms with Crippen LogP contribution in [0.3, 0.4) is 0 Å². The van der Waals surface area contributed by atoms with Gasteiger partial charge in [-0.25, -0.2) is 0 Å². The van der Waals surface area contributed by atoms with Crippen LogP contribution in [0.1, 0.15) is 10.4 Å². The molecule has 0 fully saturated rings. The number of nitrogens with one attached hydrogen (secondary N) is 1. The number of nitro groups is 1. The van der Waals surface area contributed by atoms with E-state index in [-0.39, 0.29) is 45.4 Å². The van der Waals surface area contributed by atoms with Crippen LogP contribution < -0.4 is 4.80 Å². The maximum Gasteiger partial charge on any atom is 0.270 e. The molecule has 1 heterocycles. The van der Waals surface area contributed by atoms with Crippen LogP contribution in [0.25, 0.3) is 0 Å². The number of rotatable bonds is 4. The van der Waals surface area contributed by atoms with Gasteiger partial charge in [0.05, 0.1) is 11.5 Å². The molecule has 0 aliphatic heterocycles. The Morgan fingerprint density at radius 3 is 2.79 bits per heavy atom. The van der Waals surface area contributed by atoms with Gasteiger partial charge in [-0.1, -0.05) is 12.1 Å². The molecule has 1 aromatic heterocycles. The number of hydrogen-bond donors (Lipinski definition) is 1. The first-order valence-electron chi connectivity index (χ1n) is 5.04. The number of Topliss-reactive ketones (excluding diaryl/α,β-unsaturated/α-hetero) is 1. The highest BCUT2D eigenvalue weighted by Gasteiger charge is 2.12. The number of thiazole rings is 1. The van der Waals surface area contributed by atoms with E-state index in [0.29, 0.717) is 0 Å². The molecule has 0 saturated heterocycles. The molecule has 19 heavy (non-hydrogen) atoms. The normalized spacial score (nSPS) is 9.68. The summed E-state index contributed by atoms with van der Waals surface area (Å²) in [5.41, 5.74) is 0.171. The molecule has 0 bridgehead atoms. The Labute approximate surface area is 122 Å². The minimum Gasteiger partial charge on any atom is -0.316 e. The summed E-state index contributed by atoms with van der Waals surface area (Å²) in [6, 6.07) is 5.60. The van der Waals surface area contributed by atoms with Crippen LogP contribution in [-0.4, -0.2) is 15.3 Å². The number of halogens is 1. The number of carbonyl (C=O) groups excluding carboxylic acids is 1. The molecule has 0 aliphatic carbocycles. The molecule has 1 aromatic carbocycles. The molecule has 8 heteroatoms. The Bertz CT molecular complexity index is 665. The lowest BCUT2D eigenvalue weighted by molar-refractivity contribution is -0.384. The number of carbonyl (C=O) groups is 1. The number of aromatic nitrogens is 1. The second-order valence-corrected chi connectivity index (χ2v) is 4.46. The summed E-state index contributed by atoms with van der Waals surface area (Å²) in [4.78, 5) is 22.3. The van der Waals surface area contributed by atoms with Gasteiger partial charge in [-0.15, -0.1) is 28.3 Å². The molecule has 0 spiro atoms. The molecule has 0 unspecified atom stereocenters. The summed E-state index contributed by atoms with van der Waals surface area (Å²) in [6.45, 7) is 0.0174. The topological polar surface area (TPSA) is 89.0 Å². The van der Waals surface area contributed by atoms with Crippen molar-refractivity contribution in [2.45, 2.75) is 6.54 Å². The fourth-order valence-corrected chi connectivity index (χ4v) is 2.06. The van der Waals surface area contributed by atoms with Crippen LogP contribution in [0.15, 0.2) is 35.8 Å². The Balaban J connectivity index is 0.00000180. The van der Waals surface area contributed by atoms with E-state index in [1.807, 2.05) is 0 Å². The van der Waals surface area contributed by atoms with Crippen molar-refractivity contribution in [3.63, 3.8) is 0 Å². The smallest absolute Gasteiger partial charge is 0.270 e. The molecule has 0 aliphatic rings. The predicted molar refractivity (Wildman–Crippen MR) is 75.9 cm³/mol. The van der Waals surface area contributed by atoms with Gasteiger partial charge in [-0.2, -0.15) is 0 Å². The molecule has 100 valence electrons. The zero-order valence-electron chi connectivity index (χ0n) is 9.61. The van der Waals surface area contributed by atoms with Crippen LogP contribution in [0.5, 0.6) is 0 Å². The quantitative estimate of drug-likeness (QED) is 0.525. The minimum absolute atomic E-state index is 0. The molecule has 2 aromatic rings. The monoisotopic (exact) mass is 343 g/mol. The van der Waals surface area contributed by atoms with E-state index in [1.165, 1.54) is 40.2 Å². The van der Waals surface area contributed by atoms with Crippen LogP contribution >= 0.6 is 28.3 Å². The number of benzene rings is 1. The van der Waals surface area contributed by atoms with Gasteiger partial charge < -0.3 is 4.57 Å². The molecule has 2 rings (SSSR count). The van der Waals surface area contributed by atoms with E-state index in [1.54, 1.807) is 11.6 Å². The van der Waals surface area contributed by atoms with Gasteiger partial charge in [0.25, 0.3) is 5.69 Å². The fraction of sp³-hybridized carbons (Fsp3) is 0.0909. The van der Waals surface area contributed by atoms with Crippen molar-refractivity contribution in [3.8, 4) is 0 Å². The number of hydrogen-bond acceptors (Lipinski definition) is 5. The number of nitrogens with zero attached hydrogens (tertiary/aromatic N) is 2. The Morgan fingerprint density at radius 1 is 1.47 bits per heavy atom. The predicted octanol–water partition coefficient (Wildman–Crippen LogP) is 2.40. The van der Waals surface area contributed by atoms with Gasteiger partial charge in [-0.05, 0) is 0 Å². The van der Waals surface area contributed by atoms with E-state index in [9.17, 15) is 14.9 Å². The van der Waals surface area contributed by atoms with E-state index in [0.717, 1.165) is 0 Å². The Morgan fingerprint density at radius 2 is 2.21 bits per heavy atom. The van der Waals surface area contributed by atoms with Crippen molar-refractivity contribution in [2.75, 3.05) is 0 Å². The second-order valence-electron chi connectivity index (χ2n) is 3.57. The molecule has 6 nitrogen and oxygen atoms in total. The first-order valence-corrected chi connectivity index (χ1v) is 5.92. The zero-order valence-corrected chi connectivity index (χ0v) is 12.1. The fourth-order valence-electron chi connectivity index (χ4n) is 1.47. The average molecular weight is 344 g/mol. The Kier molecular flexibility index (Phi) is 5.13. The lowest BCUT2D eigenvalue weighted by Gasteiger charge is -2.02. The highest BCUT2D eigenvalue weighted by Crippen LogP contribution is 2.13. The van der Waals surface area contributed by atoms with Crippen molar-refractivity contribution in [1.29, 1.82) is 5.41 Å². The van der Waals surface area contributed by atoms with E-state index < -0.39 is 4.92 Å². The molecule has 1 N–H and O–H groups in total. The van der Waals surface area contributed by atoms with E-state index in [2.05, 4.69) is 0 Å². The van der Waals surface area contributed by atoms with Crippen LogP contribution in [-0.2, 0) is 6.54 Å². The number of nitro benzene ring substituents is 1. The van der Waals surface area contributed by atoms with Crippen molar-refractivity contribution in [1.82, 2.24) is 4.57 Å². The highest BCUT2D eigenvalue weighted by atomic mass is 79.9. The molecular weight excluding hydrogens is 334 g/mol. The molecule has 0 atom stereocenters. The van der Waals surface area contributed by atoms with Crippen molar-refractivity contribution in [2.24, 2.45) is 0 Å². The average Bonchev–Trinajstić information content (AvgIpc) is 2.75. The van der Waals surface area contributed by atoms with Crippen LogP contribution in [0.4, 0.5) is 5.69 Å². The SMILES string of the molecule is Br.N=c1sccn1CC(=O)c1cccc([N+](=O)[O-])c1. The third-order valence-corrected chi connectivity index (χ3v) is 3.09. The van der Waals surface area contributed by atoms with Gasteiger partial charge in [-0.3, -0.25) is 20.3 Å². The van der Waals surface area contributed by atoms with Crippen LogP contribution in [0.2, 0.25) is 0 Å². The Hall–Kier alpha value is -1.80. The van der Waals surface area contributed by atoms with Gasteiger partial charge in [0.15, 0.2) is 10.6 Å². The highest BCUT2D eigenvalue weighted by molar-refractivity contribution is 8.93. The summed E-state index contributed by atoms with van der Waals surface area (Å²) in [5.74, 6) is -0.254. The summed E-state index contributed by atoms with van der Waals surface area (Å²) >= 11 is 1.22. The first-order chi connectivity index (χ1) is 8.58. The molecule has 0 radical (unpaired) electrons. The lowest BCUT2D eigenvalue weighted by atomic mass is 10.1. The number of non-ortho nitro benzene ring substituents is 1.